The Kier molecular flexibility index (Phi) is 2.58. The summed E-state index contributed by atoms with van der Waals surface area (Å²) in [7, 11) is 0. The van der Waals surface area contributed by atoms with Crippen LogP contribution in [0.25, 0.3) is 0 Å². The van der Waals surface area contributed by atoms with E-state index in [1.165, 1.54) is 41.0 Å². The van der Waals surface area contributed by atoms with E-state index in [9.17, 15) is 0 Å². The molecule has 0 amide bonds. The molecule has 1 aliphatic rings. The van der Waals surface area contributed by atoms with Crippen LogP contribution in [0.3, 0.4) is 0 Å². The summed E-state index contributed by atoms with van der Waals surface area (Å²) in [5, 5.41) is 3.39. The fraction of sp³-hybridized carbons (Fsp3) is 0.250. The largest absolute Gasteiger partial charge is 0.380 e. The number of hydrogen-bond acceptors (Lipinski definition) is 3. The molecule has 1 heterocycles. The van der Waals surface area contributed by atoms with Gasteiger partial charge in [0.15, 0.2) is 4.47 Å². The van der Waals surface area contributed by atoms with Gasteiger partial charge in [0.2, 0.25) is 0 Å². The highest BCUT2D eigenvalue weighted by atomic mass is 35.5. The third kappa shape index (κ3) is 1.93. The summed E-state index contributed by atoms with van der Waals surface area (Å²) in [5.74, 6) is 0. The first-order valence-corrected chi connectivity index (χ1v) is 6.46. The van der Waals surface area contributed by atoms with E-state index < -0.39 is 0 Å². The number of fused-ring (bicyclic) bond motifs is 1. The van der Waals surface area contributed by atoms with Gasteiger partial charge < -0.3 is 5.32 Å². The summed E-state index contributed by atoms with van der Waals surface area (Å²) < 4.78 is 0.606. The van der Waals surface area contributed by atoms with Crippen LogP contribution in [0.15, 0.2) is 24.4 Å². The predicted octanol–water partition coefficient (Wildman–Crippen LogP) is 3.51. The quantitative estimate of drug-likeness (QED) is 0.902. The van der Waals surface area contributed by atoms with Crippen molar-refractivity contribution in [3.8, 4) is 0 Å². The summed E-state index contributed by atoms with van der Waals surface area (Å²) >= 11 is 7.30. The third-order valence-corrected chi connectivity index (χ3v) is 3.98. The van der Waals surface area contributed by atoms with Crippen molar-refractivity contribution in [1.82, 2.24) is 4.98 Å². The molecule has 2 nitrogen and oxygen atoms in total. The summed E-state index contributed by atoms with van der Waals surface area (Å²) in [6.45, 7) is 0.795. The van der Waals surface area contributed by atoms with Gasteiger partial charge in [0.05, 0.1) is 6.54 Å². The Morgan fingerprint density at radius 2 is 2.19 bits per heavy atom. The molecule has 16 heavy (non-hydrogen) atoms. The zero-order valence-corrected chi connectivity index (χ0v) is 10.2. The molecule has 1 aromatic heterocycles. The zero-order chi connectivity index (χ0) is 11.0. The minimum absolute atomic E-state index is 0.606. The molecule has 0 unspecified atom stereocenters. The number of halogens is 1. The minimum atomic E-state index is 0.606. The molecule has 0 fully saturated rings. The first kappa shape index (κ1) is 10.1. The fourth-order valence-corrected chi connectivity index (χ4v) is 2.78. The van der Waals surface area contributed by atoms with Gasteiger partial charge in [-0.15, -0.1) is 11.3 Å². The third-order valence-electron chi connectivity index (χ3n) is 2.86. The van der Waals surface area contributed by atoms with Crippen LogP contribution in [-0.4, -0.2) is 4.98 Å². The molecule has 4 heteroatoms. The SMILES string of the molecule is Clc1ncc(CNc2ccc3c(c2)CC3)s1. The van der Waals surface area contributed by atoms with Crippen molar-refractivity contribution >= 4 is 28.6 Å². The lowest BCUT2D eigenvalue weighted by atomic mass is 9.88. The molecule has 0 spiro atoms. The molecule has 0 radical (unpaired) electrons. The predicted molar refractivity (Wildman–Crippen MR) is 68.3 cm³/mol. The highest BCUT2D eigenvalue weighted by Crippen LogP contribution is 2.26. The number of aryl methyl sites for hydroxylation is 2. The molecule has 0 saturated carbocycles. The number of aromatic nitrogens is 1. The van der Waals surface area contributed by atoms with Gasteiger partial charge in [0.1, 0.15) is 0 Å². The topological polar surface area (TPSA) is 24.9 Å². The van der Waals surface area contributed by atoms with E-state index in [2.05, 4.69) is 28.5 Å². The van der Waals surface area contributed by atoms with Crippen LogP contribution in [0, 0.1) is 0 Å². The van der Waals surface area contributed by atoms with E-state index in [0.29, 0.717) is 4.47 Å². The second-order valence-corrected chi connectivity index (χ2v) is 5.61. The lowest BCUT2D eigenvalue weighted by Crippen LogP contribution is -2.08. The van der Waals surface area contributed by atoms with Crippen LogP contribution in [0.1, 0.15) is 16.0 Å². The molecule has 0 bridgehead atoms. The number of anilines is 1. The van der Waals surface area contributed by atoms with Crippen LogP contribution in [0.4, 0.5) is 5.69 Å². The molecule has 1 aromatic carbocycles. The Balaban J connectivity index is 1.68. The second kappa shape index (κ2) is 4.07. The van der Waals surface area contributed by atoms with Gasteiger partial charge in [0.25, 0.3) is 0 Å². The molecular formula is C12H11ClN2S. The van der Waals surface area contributed by atoms with E-state index in [1.807, 2.05) is 6.20 Å². The summed E-state index contributed by atoms with van der Waals surface area (Å²) in [6.07, 6.45) is 4.28. The van der Waals surface area contributed by atoms with E-state index in [0.717, 1.165) is 11.4 Å². The van der Waals surface area contributed by atoms with Crippen molar-refractivity contribution in [3.63, 3.8) is 0 Å². The molecule has 82 valence electrons. The van der Waals surface area contributed by atoms with E-state index in [4.69, 9.17) is 11.6 Å². The molecule has 1 aliphatic carbocycles. The van der Waals surface area contributed by atoms with Gasteiger partial charge in [-0.2, -0.15) is 0 Å². The number of hydrogen-bond donors (Lipinski definition) is 1. The van der Waals surface area contributed by atoms with Crippen LogP contribution in [-0.2, 0) is 19.4 Å². The Morgan fingerprint density at radius 1 is 1.31 bits per heavy atom. The van der Waals surface area contributed by atoms with Gasteiger partial charge in [0, 0.05) is 16.8 Å². The fourth-order valence-electron chi connectivity index (χ4n) is 1.86. The highest BCUT2D eigenvalue weighted by molar-refractivity contribution is 7.15. The molecule has 0 atom stereocenters. The van der Waals surface area contributed by atoms with Crippen molar-refractivity contribution in [2.24, 2.45) is 0 Å². The van der Waals surface area contributed by atoms with E-state index >= 15 is 0 Å². The van der Waals surface area contributed by atoms with Gasteiger partial charge >= 0.3 is 0 Å². The summed E-state index contributed by atoms with van der Waals surface area (Å²) in [4.78, 5) is 5.18. The maximum Gasteiger partial charge on any atom is 0.183 e. The normalized spacial score (nSPS) is 13.1. The Hall–Kier alpha value is -1.06. The van der Waals surface area contributed by atoms with Crippen molar-refractivity contribution in [2.45, 2.75) is 19.4 Å². The molecule has 3 rings (SSSR count). The van der Waals surface area contributed by atoms with Crippen LogP contribution in [0.5, 0.6) is 0 Å². The number of benzene rings is 1. The number of rotatable bonds is 3. The van der Waals surface area contributed by atoms with Gasteiger partial charge in [-0.05, 0) is 36.1 Å². The Morgan fingerprint density at radius 3 is 2.81 bits per heavy atom. The molecule has 2 aromatic rings. The minimum Gasteiger partial charge on any atom is -0.380 e. The zero-order valence-electron chi connectivity index (χ0n) is 8.66. The first-order valence-electron chi connectivity index (χ1n) is 5.27. The highest BCUT2D eigenvalue weighted by Gasteiger charge is 2.12. The van der Waals surface area contributed by atoms with Crippen LogP contribution >= 0.6 is 22.9 Å². The van der Waals surface area contributed by atoms with Crippen molar-refractivity contribution in [2.75, 3.05) is 5.32 Å². The molecule has 0 saturated heterocycles. The van der Waals surface area contributed by atoms with Crippen molar-refractivity contribution in [3.05, 3.63) is 44.9 Å². The van der Waals surface area contributed by atoms with Crippen LogP contribution < -0.4 is 5.32 Å². The molecule has 0 aliphatic heterocycles. The van der Waals surface area contributed by atoms with Crippen molar-refractivity contribution < 1.29 is 0 Å². The number of nitrogens with one attached hydrogen (secondary N) is 1. The van der Waals surface area contributed by atoms with Gasteiger partial charge in [-0.25, -0.2) is 4.98 Å². The average molecular weight is 251 g/mol. The Bertz CT molecular complexity index is 521. The van der Waals surface area contributed by atoms with Crippen LogP contribution in [0.2, 0.25) is 4.47 Å². The Labute approximate surface area is 103 Å². The lowest BCUT2D eigenvalue weighted by molar-refractivity contribution is 0.839. The second-order valence-electron chi connectivity index (χ2n) is 3.92. The monoisotopic (exact) mass is 250 g/mol. The van der Waals surface area contributed by atoms with Gasteiger partial charge in [-0.1, -0.05) is 17.7 Å². The standard InChI is InChI=1S/C12H11ClN2S/c13-12-15-7-11(16-12)6-14-10-4-3-8-1-2-9(8)5-10/h3-5,7,14H,1-2,6H2. The maximum absolute atomic E-state index is 5.78. The average Bonchev–Trinajstić information content (AvgIpc) is 2.64. The van der Waals surface area contributed by atoms with Gasteiger partial charge in [-0.3, -0.25) is 0 Å². The van der Waals surface area contributed by atoms with E-state index in [-0.39, 0.29) is 0 Å². The van der Waals surface area contributed by atoms with Crippen molar-refractivity contribution in [1.29, 1.82) is 0 Å². The smallest absolute Gasteiger partial charge is 0.183 e. The lowest BCUT2D eigenvalue weighted by Gasteiger charge is -2.19. The van der Waals surface area contributed by atoms with E-state index in [1.54, 1.807) is 0 Å². The maximum atomic E-state index is 5.78. The first-order chi connectivity index (χ1) is 7.81. The molecule has 1 N–H and O–H groups in total. The summed E-state index contributed by atoms with van der Waals surface area (Å²) in [5.41, 5.74) is 4.15. The number of nitrogens with zero attached hydrogens (tertiary/aromatic N) is 1. The number of thiazole rings is 1. The molecular weight excluding hydrogens is 240 g/mol. The summed E-state index contributed by atoms with van der Waals surface area (Å²) in [6, 6.07) is 6.59.